The number of carbonyl (C=O) groups excluding carboxylic acids is 1. The Hall–Kier alpha value is -3.15. The van der Waals surface area contributed by atoms with Crippen LogP contribution in [-0.4, -0.2) is 10.7 Å². The van der Waals surface area contributed by atoms with Crippen molar-refractivity contribution < 1.29 is 18.6 Å². The van der Waals surface area contributed by atoms with E-state index in [9.17, 15) is 14.9 Å². The topological polar surface area (TPSA) is 86.5 Å². The molecule has 104 valence electrons. The fourth-order valence-electron chi connectivity index (χ4n) is 1.98. The molecule has 1 aromatic carbocycles. The van der Waals surface area contributed by atoms with E-state index in [4.69, 9.17) is 8.83 Å². The van der Waals surface area contributed by atoms with Gasteiger partial charge in [0, 0.05) is 5.56 Å². The second kappa shape index (κ2) is 5.09. The highest BCUT2D eigenvalue weighted by molar-refractivity contribution is 6.12. The zero-order valence-corrected chi connectivity index (χ0v) is 10.7. The van der Waals surface area contributed by atoms with E-state index >= 15 is 0 Å². The second-order valence-electron chi connectivity index (χ2n) is 4.29. The van der Waals surface area contributed by atoms with Gasteiger partial charge in [-0.15, -0.1) is 0 Å². The molecular formula is C15H9NO5. The number of carbonyl (C=O) groups is 1. The van der Waals surface area contributed by atoms with Gasteiger partial charge in [-0.2, -0.15) is 0 Å². The van der Waals surface area contributed by atoms with Gasteiger partial charge in [0.25, 0.3) is 0 Å². The quantitative estimate of drug-likeness (QED) is 0.414. The average molecular weight is 283 g/mol. The third-order valence-electron chi connectivity index (χ3n) is 2.98. The molecule has 6 nitrogen and oxygen atoms in total. The third-order valence-corrected chi connectivity index (χ3v) is 2.98. The minimum atomic E-state index is -0.637. The molecule has 0 atom stereocenters. The lowest BCUT2D eigenvalue weighted by atomic mass is 10.0. The molecule has 3 rings (SSSR count). The number of nitrogens with zero attached hydrogens (tertiary/aromatic N) is 1. The van der Waals surface area contributed by atoms with Crippen molar-refractivity contribution in [3.05, 3.63) is 76.2 Å². The summed E-state index contributed by atoms with van der Waals surface area (Å²) in [5, 5.41) is 10.6. The van der Waals surface area contributed by atoms with E-state index in [1.807, 2.05) is 6.07 Å². The monoisotopic (exact) mass is 283 g/mol. The largest absolute Gasteiger partial charge is 0.471 e. The molecule has 0 saturated carbocycles. The number of hydrogen-bond acceptors (Lipinski definition) is 5. The normalized spacial score (nSPS) is 10.5. The van der Waals surface area contributed by atoms with Crippen LogP contribution in [0.1, 0.15) is 15.9 Å². The predicted octanol–water partition coefficient (Wildman–Crippen LogP) is 3.68. The number of furan rings is 2. The smallest absolute Gasteiger partial charge is 0.433 e. The maximum atomic E-state index is 12.4. The predicted molar refractivity (Wildman–Crippen MR) is 72.9 cm³/mol. The van der Waals surface area contributed by atoms with Crippen molar-refractivity contribution in [2.75, 3.05) is 0 Å². The second-order valence-corrected chi connectivity index (χ2v) is 4.29. The van der Waals surface area contributed by atoms with Crippen LogP contribution in [0.3, 0.4) is 0 Å². The van der Waals surface area contributed by atoms with Gasteiger partial charge in [0.15, 0.2) is 5.78 Å². The summed E-state index contributed by atoms with van der Waals surface area (Å²) in [4.78, 5) is 22.4. The van der Waals surface area contributed by atoms with Gasteiger partial charge in [-0.3, -0.25) is 14.9 Å². The molecular weight excluding hydrogens is 274 g/mol. The summed E-state index contributed by atoms with van der Waals surface area (Å²) in [6.45, 7) is 0. The van der Waals surface area contributed by atoms with Crippen LogP contribution in [0.4, 0.5) is 5.88 Å². The first-order valence-electron chi connectivity index (χ1n) is 6.07. The Labute approximate surface area is 118 Å². The highest BCUT2D eigenvalue weighted by atomic mass is 16.6. The number of nitro groups is 1. The van der Waals surface area contributed by atoms with Crippen molar-refractivity contribution in [1.29, 1.82) is 0 Å². The van der Waals surface area contributed by atoms with Crippen molar-refractivity contribution >= 4 is 11.7 Å². The zero-order chi connectivity index (χ0) is 14.8. The van der Waals surface area contributed by atoms with Crippen LogP contribution >= 0.6 is 0 Å². The molecule has 0 aliphatic carbocycles. The van der Waals surface area contributed by atoms with Crippen LogP contribution in [0.5, 0.6) is 0 Å². The lowest BCUT2D eigenvalue weighted by Crippen LogP contribution is -2.00. The molecule has 2 heterocycles. The molecule has 0 unspecified atom stereocenters. The lowest BCUT2D eigenvalue weighted by Gasteiger charge is -1.99. The summed E-state index contributed by atoms with van der Waals surface area (Å²) >= 11 is 0. The first-order valence-corrected chi connectivity index (χ1v) is 6.07. The summed E-state index contributed by atoms with van der Waals surface area (Å²) in [7, 11) is 0. The summed E-state index contributed by atoms with van der Waals surface area (Å²) < 4.78 is 10.2. The molecule has 0 fully saturated rings. The molecule has 21 heavy (non-hydrogen) atoms. The van der Waals surface area contributed by atoms with E-state index in [0.717, 1.165) is 0 Å². The molecule has 0 spiro atoms. The molecule has 0 saturated heterocycles. The molecule has 3 aromatic rings. The van der Waals surface area contributed by atoms with Crippen molar-refractivity contribution in [3.8, 4) is 11.3 Å². The van der Waals surface area contributed by atoms with Gasteiger partial charge in [0.2, 0.25) is 0 Å². The summed E-state index contributed by atoms with van der Waals surface area (Å²) in [6.07, 6.45) is 2.64. The molecule has 6 heteroatoms. The minimum Gasteiger partial charge on any atom is -0.471 e. The van der Waals surface area contributed by atoms with Crippen LogP contribution in [0, 0.1) is 10.1 Å². The Bertz CT molecular complexity index is 800. The molecule has 0 amide bonds. The summed E-state index contributed by atoms with van der Waals surface area (Å²) in [6, 6.07) is 11.4. The van der Waals surface area contributed by atoms with Gasteiger partial charge >= 0.3 is 5.88 Å². The van der Waals surface area contributed by atoms with Gasteiger partial charge in [-0.1, -0.05) is 30.3 Å². The van der Waals surface area contributed by atoms with Gasteiger partial charge in [0.05, 0.1) is 17.2 Å². The van der Waals surface area contributed by atoms with Crippen molar-refractivity contribution in [2.24, 2.45) is 0 Å². The molecule has 0 bridgehead atoms. The lowest BCUT2D eigenvalue weighted by molar-refractivity contribution is -0.401. The molecule has 2 aromatic heterocycles. The number of rotatable bonds is 4. The average Bonchev–Trinajstić information content (AvgIpc) is 3.16. The van der Waals surface area contributed by atoms with Crippen LogP contribution < -0.4 is 0 Å². The van der Waals surface area contributed by atoms with Crippen molar-refractivity contribution in [3.63, 3.8) is 0 Å². The van der Waals surface area contributed by atoms with E-state index in [1.165, 1.54) is 24.7 Å². The maximum absolute atomic E-state index is 12.4. The van der Waals surface area contributed by atoms with Crippen LogP contribution in [0.15, 0.2) is 63.8 Å². The standard InChI is InChI=1S/C15H9NO5/c17-15(10-4-2-1-3-5-10)12-9-20-8-11(12)13-6-7-14(21-13)16(18)19/h1-9H. The molecule has 0 N–H and O–H groups in total. The number of ketones is 1. The van der Waals surface area contributed by atoms with Crippen molar-refractivity contribution in [1.82, 2.24) is 0 Å². The first kappa shape index (κ1) is 12.9. The fourth-order valence-corrected chi connectivity index (χ4v) is 1.98. The maximum Gasteiger partial charge on any atom is 0.433 e. The number of hydrogen-bond donors (Lipinski definition) is 0. The Morgan fingerprint density at radius 2 is 1.81 bits per heavy atom. The Kier molecular flexibility index (Phi) is 3.12. The van der Waals surface area contributed by atoms with Gasteiger partial charge in [-0.25, -0.2) is 0 Å². The molecule has 0 aliphatic heterocycles. The van der Waals surface area contributed by atoms with E-state index in [-0.39, 0.29) is 17.4 Å². The summed E-state index contributed by atoms with van der Waals surface area (Å²) in [5.74, 6) is -0.405. The molecule has 0 aliphatic rings. The van der Waals surface area contributed by atoms with Gasteiger partial charge in [-0.05, 0) is 6.07 Å². The van der Waals surface area contributed by atoms with E-state index in [2.05, 4.69) is 0 Å². The van der Waals surface area contributed by atoms with Crippen LogP contribution in [0.25, 0.3) is 11.3 Å². The summed E-state index contributed by atoms with van der Waals surface area (Å²) in [5.41, 5.74) is 1.18. The van der Waals surface area contributed by atoms with E-state index < -0.39 is 4.92 Å². The molecule has 0 radical (unpaired) electrons. The minimum absolute atomic E-state index is 0.217. The third kappa shape index (κ3) is 2.34. The fraction of sp³-hybridized carbons (Fsp3) is 0. The van der Waals surface area contributed by atoms with Crippen molar-refractivity contribution in [2.45, 2.75) is 0 Å². The Balaban J connectivity index is 2.01. The van der Waals surface area contributed by atoms with Crippen LogP contribution in [-0.2, 0) is 0 Å². The van der Waals surface area contributed by atoms with E-state index in [1.54, 1.807) is 24.3 Å². The van der Waals surface area contributed by atoms with Crippen LogP contribution in [0.2, 0.25) is 0 Å². The van der Waals surface area contributed by atoms with E-state index in [0.29, 0.717) is 16.7 Å². The van der Waals surface area contributed by atoms with Gasteiger partial charge < -0.3 is 8.83 Å². The number of benzene rings is 1. The zero-order valence-electron chi connectivity index (χ0n) is 10.7. The highest BCUT2D eigenvalue weighted by Crippen LogP contribution is 2.30. The van der Waals surface area contributed by atoms with Gasteiger partial charge in [0.1, 0.15) is 23.2 Å². The SMILES string of the molecule is O=C(c1ccccc1)c1cocc1-c1ccc([N+](=O)[O-])o1. The first-order chi connectivity index (χ1) is 10.2. The Morgan fingerprint density at radius 1 is 1.05 bits per heavy atom. The highest BCUT2D eigenvalue weighted by Gasteiger charge is 2.21. The Morgan fingerprint density at radius 3 is 2.48 bits per heavy atom.